The van der Waals surface area contributed by atoms with Crippen molar-refractivity contribution in [3.05, 3.63) is 54.1 Å². The van der Waals surface area contributed by atoms with E-state index >= 15 is 0 Å². The van der Waals surface area contributed by atoms with Crippen LogP contribution in [0.25, 0.3) is 0 Å². The van der Waals surface area contributed by atoms with Gasteiger partial charge < -0.3 is 11.1 Å². The van der Waals surface area contributed by atoms with Gasteiger partial charge in [-0.3, -0.25) is 9.59 Å². The van der Waals surface area contributed by atoms with Crippen LogP contribution in [-0.4, -0.2) is 11.8 Å². The van der Waals surface area contributed by atoms with Crippen LogP contribution >= 0.6 is 0 Å². The van der Waals surface area contributed by atoms with Crippen LogP contribution in [0.5, 0.6) is 0 Å². The van der Waals surface area contributed by atoms with Crippen molar-refractivity contribution < 1.29 is 9.59 Å². The molecule has 0 spiro atoms. The van der Waals surface area contributed by atoms with Crippen LogP contribution in [0.2, 0.25) is 0 Å². The third kappa shape index (κ3) is 4.34. The maximum atomic E-state index is 11.4. The molecule has 3 N–H and O–H groups in total. The summed E-state index contributed by atoms with van der Waals surface area (Å²) >= 11 is 0. The van der Waals surface area contributed by atoms with E-state index in [0.29, 0.717) is 11.3 Å². The number of nitrogens with two attached hydrogens (primary N) is 1. The Labute approximate surface area is 99.8 Å². The number of rotatable bonds is 4. The quantitative estimate of drug-likeness (QED) is 0.612. The highest BCUT2D eigenvalue weighted by Gasteiger charge is 2.00. The highest BCUT2D eigenvalue weighted by molar-refractivity contribution is 6.00. The number of hydrogen-bond acceptors (Lipinski definition) is 2. The van der Waals surface area contributed by atoms with Crippen LogP contribution in [0, 0.1) is 0 Å². The average Bonchev–Trinajstić information content (AvgIpc) is 2.30. The molecular formula is C13H14N2O2. The van der Waals surface area contributed by atoms with E-state index in [1.54, 1.807) is 36.4 Å². The molecular weight excluding hydrogens is 216 g/mol. The first-order chi connectivity index (χ1) is 8.13. The Morgan fingerprint density at radius 3 is 2.35 bits per heavy atom. The summed E-state index contributed by atoms with van der Waals surface area (Å²) in [5.74, 6) is -0.717. The van der Waals surface area contributed by atoms with E-state index in [9.17, 15) is 9.59 Å². The van der Waals surface area contributed by atoms with E-state index < -0.39 is 5.91 Å². The zero-order valence-electron chi connectivity index (χ0n) is 9.51. The molecule has 0 radical (unpaired) electrons. The summed E-state index contributed by atoms with van der Waals surface area (Å²) in [5, 5.41) is 2.66. The Balaban J connectivity index is 2.63. The number of hydrogen-bond donors (Lipinski definition) is 2. The van der Waals surface area contributed by atoms with Gasteiger partial charge in [0.25, 0.3) is 0 Å². The average molecular weight is 230 g/mol. The number of anilines is 1. The third-order valence-electron chi connectivity index (χ3n) is 1.99. The van der Waals surface area contributed by atoms with Gasteiger partial charge in [-0.25, -0.2) is 0 Å². The Morgan fingerprint density at radius 2 is 1.82 bits per heavy atom. The number of allylic oxidation sites excluding steroid dienone is 3. The van der Waals surface area contributed by atoms with E-state index in [0.717, 1.165) is 0 Å². The lowest BCUT2D eigenvalue weighted by molar-refractivity contribution is -0.111. The smallest absolute Gasteiger partial charge is 0.248 e. The molecule has 2 amide bonds. The first-order valence-corrected chi connectivity index (χ1v) is 5.13. The van der Waals surface area contributed by atoms with E-state index in [4.69, 9.17) is 5.73 Å². The Hall–Kier alpha value is -2.36. The van der Waals surface area contributed by atoms with Gasteiger partial charge in [-0.05, 0) is 31.2 Å². The number of primary amides is 1. The number of carbonyl (C=O) groups excluding carboxylic acids is 2. The first kappa shape index (κ1) is 12.7. The van der Waals surface area contributed by atoms with Crippen LogP contribution in [0.15, 0.2) is 48.6 Å². The second-order valence-electron chi connectivity index (χ2n) is 3.32. The molecule has 88 valence electrons. The second kappa shape index (κ2) is 6.27. The van der Waals surface area contributed by atoms with Crippen molar-refractivity contribution in [3.8, 4) is 0 Å². The molecule has 1 aromatic rings. The zero-order chi connectivity index (χ0) is 12.7. The van der Waals surface area contributed by atoms with E-state index in [-0.39, 0.29) is 5.91 Å². The molecule has 0 aliphatic rings. The molecule has 0 saturated heterocycles. The van der Waals surface area contributed by atoms with Gasteiger partial charge in [0.05, 0.1) is 0 Å². The van der Waals surface area contributed by atoms with Crippen molar-refractivity contribution in [1.82, 2.24) is 0 Å². The van der Waals surface area contributed by atoms with Crippen molar-refractivity contribution in [2.75, 3.05) is 5.32 Å². The lowest BCUT2D eigenvalue weighted by Crippen LogP contribution is -2.11. The highest BCUT2D eigenvalue weighted by atomic mass is 16.1. The highest BCUT2D eigenvalue weighted by Crippen LogP contribution is 2.08. The van der Waals surface area contributed by atoms with E-state index in [1.165, 1.54) is 6.08 Å². The van der Waals surface area contributed by atoms with Gasteiger partial charge in [-0.1, -0.05) is 18.2 Å². The fraction of sp³-hybridized carbons (Fsp3) is 0.0769. The third-order valence-corrected chi connectivity index (χ3v) is 1.99. The predicted octanol–water partition coefficient (Wildman–Crippen LogP) is 1.86. The van der Waals surface area contributed by atoms with E-state index in [1.807, 2.05) is 13.0 Å². The van der Waals surface area contributed by atoms with Crippen molar-refractivity contribution in [2.24, 2.45) is 5.73 Å². The second-order valence-corrected chi connectivity index (χ2v) is 3.32. The predicted molar refractivity (Wildman–Crippen MR) is 67.5 cm³/mol. The van der Waals surface area contributed by atoms with E-state index in [2.05, 4.69) is 5.32 Å². The van der Waals surface area contributed by atoms with Gasteiger partial charge >= 0.3 is 0 Å². The van der Waals surface area contributed by atoms with Gasteiger partial charge in [0.1, 0.15) is 0 Å². The molecule has 0 atom stereocenters. The fourth-order valence-corrected chi connectivity index (χ4v) is 1.16. The molecule has 0 heterocycles. The zero-order valence-corrected chi connectivity index (χ0v) is 9.51. The molecule has 17 heavy (non-hydrogen) atoms. The Kier molecular flexibility index (Phi) is 4.69. The minimum absolute atomic E-state index is 0.227. The number of carbonyl (C=O) groups is 2. The molecule has 0 aliphatic carbocycles. The summed E-state index contributed by atoms with van der Waals surface area (Å²) in [5.41, 5.74) is 6.13. The van der Waals surface area contributed by atoms with Gasteiger partial charge in [0.2, 0.25) is 11.8 Å². The maximum absolute atomic E-state index is 11.4. The van der Waals surface area contributed by atoms with Gasteiger partial charge in [0.15, 0.2) is 0 Å². The largest absolute Gasteiger partial charge is 0.366 e. The monoisotopic (exact) mass is 230 g/mol. The standard InChI is InChI=1S/C13H14N2O2/c1-2-3-4-5-12(16)15-11-8-6-10(7-9-11)13(14)17/h2-9H,1H3,(H2,14,17)(H,15,16)/b3-2+,5-4+. The number of amides is 2. The molecule has 0 aliphatic heterocycles. The van der Waals surface area contributed by atoms with Gasteiger partial charge in [-0.2, -0.15) is 0 Å². The van der Waals surface area contributed by atoms with Gasteiger partial charge in [0, 0.05) is 17.3 Å². The molecule has 0 aromatic heterocycles. The molecule has 0 unspecified atom stereocenters. The number of benzene rings is 1. The van der Waals surface area contributed by atoms with Crippen molar-refractivity contribution in [3.63, 3.8) is 0 Å². The Morgan fingerprint density at radius 1 is 1.18 bits per heavy atom. The maximum Gasteiger partial charge on any atom is 0.248 e. The molecule has 0 bridgehead atoms. The summed E-state index contributed by atoms with van der Waals surface area (Å²) in [6.07, 6.45) is 6.65. The van der Waals surface area contributed by atoms with Crippen LogP contribution in [0.1, 0.15) is 17.3 Å². The summed E-state index contributed by atoms with van der Waals surface area (Å²) in [4.78, 5) is 22.2. The normalized spacial score (nSPS) is 10.9. The lowest BCUT2D eigenvalue weighted by Gasteiger charge is -2.02. The Bertz CT molecular complexity index is 459. The van der Waals surface area contributed by atoms with Gasteiger partial charge in [-0.15, -0.1) is 0 Å². The molecule has 1 rings (SSSR count). The first-order valence-electron chi connectivity index (χ1n) is 5.13. The van der Waals surface area contributed by atoms with Crippen molar-refractivity contribution >= 4 is 17.5 Å². The minimum atomic E-state index is -0.490. The van der Waals surface area contributed by atoms with Crippen LogP contribution in [-0.2, 0) is 4.79 Å². The lowest BCUT2D eigenvalue weighted by atomic mass is 10.2. The summed E-state index contributed by atoms with van der Waals surface area (Å²) in [7, 11) is 0. The summed E-state index contributed by atoms with van der Waals surface area (Å²) in [6.45, 7) is 1.87. The van der Waals surface area contributed by atoms with Crippen LogP contribution in [0.4, 0.5) is 5.69 Å². The van der Waals surface area contributed by atoms with Crippen LogP contribution in [0.3, 0.4) is 0 Å². The van der Waals surface area contributed by atoms with Crippen LogP contribution < -0.4 is 11.1 Å². The molecule has 0 saturated carbocycles. The SMILES string of the molecule is C/C=C/C=C/C(=O)Nc1ccc(C(N)=O)cc1. The molecule has 1 aromatic carbocycles. The molecule has 4 heteroatoms. The molecule has 4 nitrogen and oxygen atoms in total. The topological polar surface area (TPSA) is 72.2 Å². The van der Waals surface area contributed by atoms with Crippen molar-refractivity contribution in [2.45, 2.75) is 6.92 Å². The molecule has 0 fully saturated rings. The number of nitrogens with one attached hydrogen (secondary N) is 1. The summed E-state index contributed by atoms with van der Waals surface area (Å²) < 4.78 is 0. The fourth-order valence-electron chi connectivity index (χ4n) is 1.16. The van der Waals surface area contributed by atoms with Crippen molar-refractivity contribution in [1.29, 1.82) is 0 Å². The minimum Gasteiger partial charge on any atom is -0.366 e. The summed E-state index contributed by atoms with van der Waals surface area (Å²) in [6, 6.07) is 6.38.